The van der Waals surface area contributed by atoms with E-state index >= 15 is 0 Å². The molecule has 0 saturated carbocycles. The second-order valence-electron chi connectivity index (χ2n) is 11.8. The fourth-order valence-electron chi connectivity index (χ4n) is 5.86. The molecule has 0 spiro atoms. The molecule has 0 unspecified atom stereocenters. The van der Waals surface area contributed by atoms with Gasteiger partial charge in [0.25, 0.3) is 5.56 Å². The molecule has 0 amide bonds. The van der Waals surface area contributed by atoms with E-state index in [-0.39, 0.29) is 12.1 Å². The van der Waals surface area contributed by atoms with Gasteiger partial charge in [-0.2, -0.15) is 4.98 Å². The number of aliphatic hydroxyl groups is 1. The summed E-state index contributed by atoms with van der Waals surface area (Å²) in [6.07, 6.45) is 7.69. The Morgan fingerprint density at radius 1 is 1.14 bits per heavy atom. The number of nitrogens with zero attached hydrogens (tertiary/aromatic N) is 7. The molecule has 1 aromatic carbocycles. The number of hydrogen-bond donors (Lipinski definition) is 2. The molecule has 1 aliphatic rings. The molecule has 2 N–H and O–H groups in total. The number of anilines is 2. The van der Waals surface area contributed by atoms with E-state index in [1.807, 2.05) is 6.07 Å². The zero-order valence-corrected chi connectivity index (χ0v) is 24.7. The lowest BCUT2D eigenvalue weighted by molar-refractivity contribution is 0.0738. The Balaban J connectivity index is 1.33. The van der Waals surface area contributed by atoms with Gasteiger partial charge in [0, 0.05) is 54.2 Å². The molecular weight excluding hydrogens is 528 g/mol. The van der Waals surface area contributed by atoms with E-state index in [1.165, 1.54) is 10.2 Å². The van der Waals surface area contributed by atoms with Crippen LogP contribution in [0, 0.1) is 0 Å². The van der Waals surface area contributed by atoms with Crippen LogP contribution in [0.1, 0.15) is 52.3 Å². The number of benzene rings is 1. The Labute approximate surface area is 244 Å². The van der Waals surface area contributed by atoms with Gasteiger partial charge in [0.05, 0.1) is 12.2 Å². The highest BCUT2D eigenvalue weighted by Crippen LogP contribution is 2.30. The Kier molecular flexibility index (Phi) is 7.20. The van der Waals surface area contributed by atoms with Gasteiger partial charge in [-0.05, 0) is 76.9 Å². The van der Waals surface area contributed by atoms with Crippen molar-refractivity contribution in [2.24, 2.45) is 0 Å². The molecule has 1 aliphatic heterocycles. The van der Waals surface area contributed by atoms with Gasteiger partial charge >= 0.3 is 0 Å². The Morgan fingerprint density at radius 2 is 1.93 bits per heavy atom. The maximum absolute atomic E-state index is 13.3. The van der Waals surface area contributed by atoms with Crippen LogP contribution < -0.4 is 10.9 Å². The lowest BCUT2D eigenvalue weighted by Crippen LogP contribution is -2.38. The lowest BCUT2D eigenvalue weighted by atomic mass is 10.0. The minimum absolute atomic E-state index is 0.242. The average molecular weight is 567 g/mol. The van der Waals surface area contributed by atoms with Crippen molar-refractivity contribution in [2.75, 3.05) is 18.4 Å². The number of pyridine rings is 1. The molecule has 1 fully saturated rings. The number of fused-ring (bicyclic) bond motifs is 2. The highest BCUT2D eigenvalue weighted by molar-refractivity contribution is 5.85. The van der Waals surface area contributed by atoms with Crippen molar-refractivity contribution in [2.45, 2.75) is 64.8 Å². The van der Waals surface area contributed by atoms with Crippen molar-refractivity contribution in [3.63, 3.8) is 0 Å². The van der Waals surface area contributed by atoms with E-state index in [2.05, 4.69) is 69.6 Å². The van der Waals surface area contributed by atoms with Gasteiger partial charge in [-0.1, -0.05) is 12.1 Å². The van der Waals surface area contributed by atoms with Crippen LogP contribution in [0.5, 0.6) is 0 Å². The normalized spacial score (nSPS) is 15.2. The Morgan fingerprint density at radius 3 is 2.64 bits per heavy atom. The summed E-state index contributed by atoms with van der Waals surface area (Å²) in [4.78, 5) is 29.7. The van der Waals surface area contributed by atoms with Gasteiger partial charge in [0.2, 0.25) is 5.95 Å². The van der Waals surface area contributed by atoms with Gasteiger partial charge in [-0.15, -0.1) is 6.58 Å². The van der Waals surface area contributed by atoms with Crippen molar-refractivity contribution in [3.05, 3.63) is 83.6 Å². The summed E-state index contributed by atoms with van der Waals surface area (Å²) in [5.41, 5.74) is 1.59. The topological polar surface area (TPSA) is 106 Å². The fourth-order valence-corrected chi connectivity index (χ4v) is 5.86. The standard InChI is InChI=1S/C32H38N8O2/c1-6-15-39-30(41)25-20-33-31(36-29(25)40(39)28-9-7-8-27(35-28)32(4,5)42)34-23-10-11-26-22(19-23)12-18-38(26)24-13-16-37(17-14-24)21(2)3/h6-12,18-21,24,42H,1,13-17H2,2-5H3,(H,33,34,36). The van der Waals surface area contributed by atoms with Gasteiger partial charge in [0.1, 0.15) is 11.0 Å². The zero-order valence-electron chi connectivity index (χ0n) is 24.7. The summed E-state index contributed by atoms with van der Waals surface area (Å²) in [6, 6.07) is 14.9. The second kappa shape index (κ2) is 10.8. The molecule has 6 rings (SSSR count). The third kappa shape index (κ3) is 5.12. The Hall–Kier alpha value is -4.28. The third-order valence-corrected chi connectivity index (χ3v) is 8.16. The molecule has 10 nitrogen and oxygen atoms in total. The molecule has 0 atom stereocenters. The monoisotopic (exact) mass is 566 g/mol. The van der Waals surface area contributed by atoms with Crippen molar-refractivity contribution in [3.8, 4) is 5.82 Å². The van der Waals surface area contributed by atoms with E-state index in [0.29, 0.717) is 40.6 Å². The first kappa shape index (κ1) is 27.9. The molecule has 4 aromatic heterocycles. The quantitative estimate of drug-likeness (QED) is 0.251. The van der Waals surface area contributed by atoms with Crippen molar-refractivity contribution in [1.82, 2.24) is 33.8 Å². The van der Waals surface area contributed by atoms with Crippen LogP contribution in [-0.4, -0.2) is 58.0 Å². The van der Waals surface area contributed by atoms with E-state index < -0.39 is 5.60 Å². The molecule has 42 heavy (non-hydrogen) atoms. The lowest BCUT2D eigenvalue weighted by Gasteiger charge is -2.35. The first-order valence-electron chi connectivity index (χ1n) is 14.6. The summed E-state index contributed by atoms with van der Waals surface area (Å²) in [6.45, 7) is 14.2. The van der Waals surface area contributed by atoms with Crippen molar-refractivity contribution >= 4 is 33.6 Å². The highest BCUT2D eigenvalue weighted by atomic mass is 16.3. The summed E-state index contributed by atoms with van der Waals surface area (Å²) >= 11 is 0. The molecule has 0 bridgehead atoms. The van der Waals surface area contributed by atoms with Gasteiger partial charge in [-0.3, -0.25) is 4.79 Å². The number of aromatic nitrogens is 6. The molecule has 1 saturated heterocycles. The number of likely N-dealkylation sites (tertiary alicyclic amines) is 1. The van der Waals surface area contributed by atoms with Gasteiger partial charge in [-0.25, -0.2) is 19.3 Å². The van der Waals surface area contributed by atoms with Crippen LogP contribution in [-0.2, 0) is 12.1 Å². The van der Waals surface area contributed by atoms with Crippen LogP contribution in [0.25, 0.3) is 27.8 Å². The summed E-state index contributed by atoms with van der Waals surface area (Å²) in [7, 11) is 0. The molecule has 0 radical (unpaired) electrons. The summed E-state index contributed by atoms with van der Waals surface area (Å²) < 4.78 is 5.59. The van der Waals surface area contributed by atoms with Crippen LogP contribution >= 0.6 is 0 Å². The SMILES string of the molecule is C=CCn1c(=O)c2cnc(Nc3ccc4c(ccn4C4CCN(C(C)C)CC4)c3)nc2n1-c1cccc(C(C)(C)O)n1. The number of rotatable bonds is 8. The first-order chi connectivity index (χ1) is 20.1. The van der Waals surface area contributed by atoms with Gasteiger partial charge in [0.15, 0.2) is 11.5 Å². The van der Waals surface area contributed by atoms with E-state index in [0.717, 1.165) is 37.0 Å². The van der Waals surface area contributed by atoms with E-state index in [9.17, 15) is 9.90 Å². The maximum atomic E-state index is 13.3. The summed E-state index contributed by atoms with van der Waals surface area (Å²) in [5, 5.41) is 15.4. The highest BCUT2D eigenvalue weighted by Gasteiger charge is 2.24. The molecule has 10 heteroatoms. The molecule has 5 aromatic rings. The minimum atomic E-state index is -1.15. The second-order valence-corrected chi connectivity index (χ2v) is 11.8. The minimum Gasteiger partial charge on any atom is -0.384 e. The largest absolute Gasteiger partial charge is 0.384 e. The molecule has 5 heterocycles. The van der Waals surface area contributed by atoms with E-state index in [4.69, 9.17) is 4.98 Å². The van der Waals surface area contributed by atoms with Crippen LogP contribution in [0.2, 0.25) is 0 Å². The smallest absolute Gasteiger partial charge is 0.278 e. The number of allylic oxidation sites excluding steroid dienone is 1. The Bertz CT molecular complexity index is 1820. The van der Waals surface area contributed by atoms with Crippen LogP contribution in [0.4, 0.5) is 11.6 Å². The average Bonchev–Trinajstić information content (AvgIpc) is 3.51. The number of hydrogen-bond acceptors (Lipinski definition) is 7. The number of piperidine rings is 1. The third-order valence-electron chi connectivity index (χ3n) is 8.16. The van der Waals surface area contributed by atoms with Crippen molar-refractivity contribution < 1.29 is 5.11 Å². The molecule has 0 aliphatic carbocycles. The van der Waals surface area contributed by atoms with Crippen LogP contribution in [0.3, 0.4) is 0 Å². The van der Waals surface area contributed by atoms with Gasteiger partial charge < -0.3 is 19.9 Å². The first-order valence-corrected chi connectivity index (χ1v) is 14.6. The molecule has 218 valence electrons. The van der Waals surface area contributed by atoms with Crippen molar-refractivity contribution in [1.29, 1.82) is 0 Å². The summed E-state index contributed by atoms with van der Waals surface area (Å²) in [5.74, 6) is 0.834. The fraction of sp³-hybridized carbons (Fsp3) is 0.375. The van der Waals surface area contributed by atoms with Crippen LogP contribution in [0.15, 0.2) is 72.3 Å². The predicted octanol–water partition coefficient (Wildman–Crippen LogP) is 5.13. The zero-order chi connectivity index (χ0) is 29.6. The van der Waals surface area contributed by atoms with E-state index in [1.54, 1.807) is 49.0 Å². The molecular formula is C32H38N8O2. The number of nitrogens with one attached hydrogen (secondary N) is 1. The predicted molar refractivity (Wildman–Crippen MR) is 167 cm³/mol. The maximum Gasteiger partial charge on any atom is 0.278 e.